The first kappa shape index (κ1) is 18.4. The van der Waals surface area contributed by atoms with Gasteiger partial charge >= 0.3 is 0 Å². The summed E-state index contributed by atoms with van der Waals surface area (Å²) in [6, 6.07) is 14.4. The molecule has 0 radical (unpaired) electrons. The molecule has 0 bridgehead atoms. The summed E-state index contributed by atoms with van der Waals surface area (Å²) >= 11 is 1.21. The van der Waals surface area contributed by atoms with Gasteiger partial charge in [0.15, 0.2) is 17.3 Å². The fourth-order valence-corrected chi connectivity index (χ4v) is 3.50. The number of Topliss-reactive ketones (excluding diaryl/α,β-unsaturated/α-hetero) is 1. The molecule has 0 saturated carbocycles. The third-order valence-corrected chi connectivity index (χ3v) is 5.16. The second kappa shape index (κ2) is 7.93. The van der Waals surface area contributed by atoms with Crippen molar-refractivity contribution in [3.63, 3.8) is 0 Å². The standard InChI is InChI=1S/C20H18N2O5S/c1-12(18(23)13-7-9-14(24-2)10-8-13)28-20-22-21-19(27-20)17-11-25-15-5-3-4-6-16(15)26-17/h3-10,12,17H,11H2,1-2H3/t12-,17-/m0/s1. The summed E-state index contributed by atoms with van der Waals surface area (Å²) in [5.74, 6) is 2.31. The molecule has 144 valence electrons. The lowest BCUT2D eigenvalue weighted by molar-refractivity contribution is 0.0686. The van der Waals surface area contributed by atoms with Crippen LogP contribution >= 0.6 is 11.8 Å². The van der Waals surface area contributed by atoms with E-state index in [2.05, 4.69) is 10.2 Å². The van der Waals surface area contributed by atoms with Crippen LogP contribution in [0.5, 0.6) is 17.2 Å². The van der Waals surface area contributed by atoms with Crippen molar-refractivity contribution in [3.05, 3.63) is 60.0 Å². The van der Waals surface area contributed by atoms with Crippen LogP contribution in [-0.4, -0.2) is 34.9 Å². The first-order chi connectivity index (χ1) is 13.6. The van der Waals surface area contributed by atoms with Gasteiger partial charge in [-0.1, -0.05) is 23.9 Å². The largest absolute Gasteiger partial charge is 0.497 e. The number of rotatable bonds is 6. The van der Waals surface area contributed by atoms with Crippen LogP contribution in [-0.2, 0) is 0 Å². The molecular formula is C20H18N2O5S. The Bertz CT molecular complexity index is 973. The fraction of sp³-hybridized carbons (Fsp3) is 0.250. The third-order valence-electron chi connectivity index (χ3n) is 4.23. The van der Waals surface area contributed by atoms with Gasteiger partial charge in [-0.05, 0) is 43.3 Å². The molecule has 3 aromatic rings. The monoisotopic (exact) mass is 398 g/mol. The van der Waals surface area contributed by atoms with Crippen molar-refractivity contribution in [2.45, 2.75) is 23.5 Å². The van der Waals surface area contributed by atoms with Gasteiger partial charge in [-0.3, -0.25) is 4.79 Å². The molecule has 2 aromatic carbocycles. The van der Waals surface area contributed by atoms with E-state index in [-0.39, 0.29) is 17.6 Å². The average Bonchev–Trinajstić information content (AvgIpc) is 3.21. The molecule has 0 N–H and O–H groups in total. The molecule has 0 saturated heterocycles. The van der Waals surface area contributed by atoms with E-state index in [1.165, 1.54) is 11.8 Å². The Kier molecular flexibility index (Phi) is 5.21. The quantitative estimate of drug-likeness (QED) is 0.456. The minimum Gasteiger partial charge on any atom is -0.497 e. The van der Waals surface area contributed by atoms with E-state index in [4.69, 9.17) is 18.6 Å². The number of methoxy groups -OCH3 is 1. The van der Waals surface area contributed by atoms with Crippen molar-refractivity contribution >= 4 is 17.5 Å². The van der Waals surface area contributed by atoms with Gasteiger partial charge in [-0.25, -0.2) is 0 Å². The summed E-state index contributed by atoms with van der Waals surface area (Å²) in [6.45, 7) is 2.08. The predicted molar refractivity (Wildman–Crippen MR) is 102 cm³/mol. The van der Waals surface area contributed by atoms with Crippen molar-refractivity contribution in [3.8, 4) is 17.2 Å². The van der Waals surface area contributed by atoms with Crippen LogP contribution < -0.4 is 14.2 Å². The summed E-state index contributed by atoms with van der Waals surface area (Å²) < 4.78 is 22.3. The molecule has 0 aliphatic carbocycles. The lowest BCUT2D eigenvalue weighted by Gasteiger charge is -2.23. The summed E-state index contributed by atoms with van der Waals surface area (Å²) in [6.07, 6.45) is -0.482. The Balaban J connectivity index is 1.41. The highest BCUT2D eigenvalue weighted by molar-refractivity contribution is 8.00. The zero-order valence-corrected chi connectivity index (χ0v) is 16.1. The molecule has 28 heavy (non-hydrogen) atoms. The van der Waals surface area contributed by atoms with Gasteiger partial charge in [0.05, 0.1) is 12.4 Å². The normalized spacial score (nSPS) is 16.4. The maximum absolute atomic E-state index is 12.6. The topological polar surface area (TPSA) is 83.7 Å². The van der Waals surface area contributed by atoms with Crippen LogP contribution in [0.4, 0.5) is 0 Å². The van der Waals surface area contributed by atoms with Crippen molar-refractivity contribution in [1.29, 1.82) is 0 Å². The van der Waals surface area contributed by atoms with Crippen LogP contribution in [0.25, 0.3) is 0 Å². The van der Waals surface area contributed by atoms with Gasteiger partial charge in [0.2, 0.25) is 6.10 Å². The number of fused-ring (bicyclic) bond motifs is 1. The summed E-state index contributed by atoms with van der Waals surface area (Å²) in [5, 5.41) is 8.01. The number of nitrogens with zero attached hydrogens (tertiary/aromatic N) is 2. The summed E-state index contributed by atoms with van der Waals surface area (Å²) in [4.78, 5) is 12.6. The van der Waals surface area contributed by atoms with E-state index in [0.717, 1.165) is 0 Å². The SMILES string of the molecule is COc1ccc(C(=O)[C@H](C)Sc2nnc([C@@H]3COc4ccccc4O3)o2)cc1. The molecule has 0 amide bonds. The zero-order chi connectivity index (χ0) is 19.5. The first-order valence-electron chi connectivity index (χ1n) is 8.71. The number of hydrogen-bond acceptors (Lipinski definition) is 8. The number of hydrogen-bond donors (Lipinski definition) is 0. The van der Waals surface area contributed by atoms with E-state index in [9.17, 15) is 4.79 Å². The maximum atomic E-state index is 12.6. The molecule has 1 aromatic heterocycles. The highest BCUT2D eigenvalue weighted by atomic mass is 32.2. The van der Waals surface area contributed by atoms with Crippen LogP contribution in [0.1, 0.15) is 29.3 Å². The Labute approximate surface area is 166 Å². The molecule has 8 heteroatoms. The second-order valence-electron chi connectivity index (χ2n) is 6.12. The highest BCUT2D eigenvalue weighted by Gasteiger charge is 2.28. The Hall–Kier alpha value is -3.00. The molecule has 2 heterocycles. The van der Waals surface area contributed by atoms with E-state index >= 15 is 0 Å². The minimum atomic E-state index is -0.482. The summed E-state index contributed by atoms with van der Waals surface area (Å²) in [5.41, 5.74) is 0.598. The first-order valence-corrected chi connectivity index (χ1v) is 9.59. The number of ether oxygens (including phenoxy) is 3. The second-order valence-corrected chi connectivity index (χ2v) is 7.42. The van der Waals surface area contributed by atoms with Crippen molar-refractivity contribution in [2.24, 2.45) is 0 Å². The Morgan fingerprint density at radius 1 is 1.14 bits per heavy atom. The van der Waals surface area contributed by atoms with Crippen LogP contribution in [0, 0.1) is 0 Å². The molecule has 2 atom stereocenters. The summed E-state index contributed by atoms with van der Waals surface area (Å²) in [7, 11) is 1.59. The lowest BCUT2D eigenvalue weighted by Crippen LogP contribution is -2.21. The van der Waals surface area contributed by atoms with Gasteiger partial charge in [0.25, 0.3) is 11.1 Å². The van der Waals surface area contributed by atoms with E-state index in [1.54, 1.807) is 38.3 Å². The zero-order valence-electron chi connectivity index (χ0n) is 15.3. The van der Waals surface area contributed by atoms with Crippen molar-refractivity contribution in [1.82, 2.24) is 10.2 Å². The van der Waals surface area contributed by atoms with E-state index in [0.29, 0.717) is 33.9 Å². The highest BCUT2D eigenvalue weighted by Crippen LogP contribution is 2.36. The number of benzene rings is 2. The van der Waals surface area contributed by atoms with E-state index in [1.807, 2.05) is 24.3 Å². The Morgan fingerprint density at radius 2 is 1.89 bits per heavy atom. The lowest BCUT2D eigenvalue weighted by atomic mass is 10.1. The molecule has 0 spiro atoms. The average molecular weight is 398 g/mol. The number of ketones is 1. The number of aromatic nitrogens is 2. The maximum Gasteiger partial charge on any atom is 0.277 e. The Morgan fingerprint density at radius 3 is 2.64 bits per heavy atom. The van der Waals surface area contributed by atoms with Gasteiger partial charge in [0, 0.05) is 5.56 Å². The molecule has 4 rings (SSSR count). The molecule has 7 nitrogen and oxygen atoms in total. The number of para-hydroxylation sites is 2. The molecular weight excluding hydrogens is 380 g/mol. The van der Waals surface area contributed by atoms with Crippen LogP contribution in [0.2, 0.25) is 0 Å². The van der Waals surface area contributed by atoms with Gasteiger partial charge < -0.3 is 18.6 Å². The van der Waals surface area contributed by atoms with Crippen molar-refractivity contribution < 1.29 is 23.4 Å². The fourth-order valence-electron chi connectivity index (χ4n) is 2.73. The molecule has 0 fully saturated rings. The smallest absolute Gasteiger partial charge is 0.277 e. The number of thioether (sulfide) groups is 1. The van der Waals surface area contributed by atoms with Crippen LogP contribution in [0.15, 0.2) is 58.2 Å². The van der Waals surface area contributed by atoms with Crippen LogP contribution in [0.3, 0.4) is 0 Å². The molecule has 1 aliphatic heterocycles. The van der Waals surface area contributed by atoms with Gasteiger partial charge in [-0.2, -0.15) is 0 Å². The van der Waals surface area contributed by atoms with E-state index < -0.39 is 6.10 Å². The molecule has 1 aliphatic rings. The molecule has 0 unspecified atom stereocenters. The number of carbonyl (C=O) groups is 1. The minimum absolute atomic E-state index is 0.0291. The van der Waals surface area contributed by atoms with Crippen molar-refractivity contribution in [2.75, 3.05) is 13.7 Å². The van der Waals surface area contributed by atoms with Gasteiger partial charge in [0.1, 0.15) is 12.4 Å². The third kappa shape index (κ3) is 3.82. The number of carbonyl (C=O) groups excluding carboxylic acids is 1. The van der Waals surface area contributed by atoms with Gasteiger partial charge in [-0.15, -0.1) is 10.2 Å². The predicted octanol–water partition coefficient (Wildman–Crippen LogP) is 3.95.